The van der Waals surface area contributed by atoms with Crippen molar-refractivity contribution >= 4 is 17.7 Å². The molecule has 0 aromatic carbocycles. The smallest absolute Gasteiger partial charge is 0.227 e. The summed E-state index contributed by atoms with van der Waals surface area (Å²) in [6.07, 6.45) is 3.44. The molecule has 2 aliphatic rings. The number of anilines is 2. The zero-order valence-electron chi connectivity index (χ0n) is 16.8. The first-order valence-corrected chi connectivity index (χ1v) is 9.60. The van der Waals surface area contributed by atoms with E-state index in [4.69, 9.17) is 4.98 Å². The molecule has 0 unspecified atom stereocenters. The first-order chi connectivity index (χ1) is 12.3. The Morgan fingerprint density at radius 1 is 1.15 bits per heavy atom. The van der Waals surface area contributed by atoms with Crippen molar-refractivity contribution in [3.05, 3.63) is 11.8 Å². The van der Waals surface area contributed by atoms with Gasteiger partial charge in [0.1, 0.15) is 5.82 Å². The maximum atomic E-state index is 12.2. The number of nitrogens with zero attached hydrogens (tertiary/aromatic N) is 6. The number of aromatic nitrogens is 2. The Morgan fingerprint density at radius 2 is 1.92 bits per heavy atom. The summed E-state index contributed by atoms with van der Waals surface area (Å²) >= 11 is 0. The van der Waals surface area contributed by atoms with Gasteiger partial charge < -0.3 is 14.7 Å². The Hall–Kier alpha value is -1.89. The molecule has 0 aliphatic carbocycles. The molecule has 144 valence electrons. The third-order valence-corrected chi connectivity index (χ3v) is 5.98. The summed E-state index contributed by atoms with van der Waals surface area (Å²) in [5, 5.41) is 0. The molecular formula is C19H32N6O. The fourth-order valence-corrected chi connectivity index (χ4v) is 3.97. The first-order valence-electron chi connectivity index (χ1n) is 9.60. The van der Waals surface area contributed by atoms with Crippen LogP contribution in [0.4, 0.5) is 11.8 Å². The van der Waals surface area contributed by atoms with Crippen LogP contribution in [0.15, 0.2) is 6.07 Å². The topological polar surface area (TPSA) is 55.8 Å². The van der Waals surface area contributed by atoms with E-state index >= 15 is 0 Å². The Morgan fingerprint density at radius 3 is 2.62 bits per heavy atom. The molecular weight excluding hydrogens is 328 g/mol. The number of carbonyl (C=O) groups is 1. The molecule has 2 saturated heterocycles. The van der Waals surface area contributed by atoms with Crippen LogP contribution in [-0.2, 0) is 11.2 Å². The molecule has 1 spiro atoms. The van der Waals surface area contributed by atoms with Crippen molar-refractivity contribution in [2.24, 2.45) is 0 Å². The molecule has 3 heterocycles. The third-order valence-electron chi connectivity index (χ3n) is 5.98. The van der Waals surface area contributed by atoms with Gasteiger partial charge in [0, 0.05) is 71.0 Å². The molecule has 3 rings (SSSR count). The Labute approximate surface area is 157 Å². The highest BCUT2D eigenvalue weighted by atomic mass is 16.2. The highest BCUT2D eigenvalue weighted by molar-refractivity contribution is 5.76. The molecule has 7 heteroatoms. The third kappa shape index (κ3) is 3.63. The molecule has 2 aliphatic heterocycles. The average molecular weight is 361 g/mol. The van der Waals surface area contributed by atoms with Crippen LogP contribution in [-0.4, -0.2) is 85.6 Å². The van der Waals surface area contributed by atoms with Crippen molar-refractivity contribution in [3.8, 4) is 0 Å². The fourth-order valence-electron chi connectivity index (χ4n) is 3.97. The lowest BCUT2D eigenvalue weighted by molar-refractivity contribution is -0.129. The normalized spacial score (nSPS) is 24.9. The zero-order chi connectivity index (χ0) is 18.9. The lowest BCUT2D eigenvalue weighted by Crippen LogP contribution is -2.61. The van der Waals surface area contributed by atoms with Gasteiger partial charge in [-0.25, -0.2) is 4.98 Å². The van der Waals surface area contributed by atoms with Gasteiger partial charge in [-0.3, -0.25) is 9.69 Å². The van der Waals surface area contributed by atoms with Gasteiger partial charge >= 0.3 is 0 Å². The van der Waals surface area contributed by atoms with Gasteiger partial charge in [0.15, 0.2) is 0 Å². The van der Waals surface area contributed by atoms with Crippen molar-refractivity contribution in [2.75, 3.05) is 64.2 Å². The van der Waals surface area contributed by atoms with E-state index < -0.39 is 0 Å². The minimum Gasteiger partial charge on any atom is -0.353 e. The molecule has 26 heavy (non-hydrogen) atoms. The number of likely N-dealkylation sites (tertiary alicyclic amines) is 1. The Kier molecular flexibility index (Phi) is 5.37. The first kappa shape index (κ1) is 18.9. The maximum Gasteiger partial charge on any atom is 0.227 e. The van der Waals surface area contributed by atoms with E-state index in [1.165, 1.54) is 0 Å². The maximum absolute atomic E-state index is 12.2. The Bertz CT molecular complexity index is 663. The van der Waals surface area contributed by atoms with Crippen molar-refractivity contribution in [1.29, 1.82) is 0 Å². The van der Waals surface area contributed by atoms with E-state index in [9.17, 15) is 4.79 Å². The van der Waals surface area contributed by atoms with Crippen LogP contribution in [0.25, 0.3) is 0 Å². The fraction of sp³-hybridized carbons (Fsp3) is 0.737. The van der Waals surface area contributed by atoms with Gasteiger partial charge in [-0.05, 0) is 26.3 Å². The lowest BCUT2D eigenvalue weighted by Gasteiger charge is -2.49. The van der Waals surface area contributed by atoms with Gasteiger partial charge in [-0.15, -0.1) is 0 Å². The van der Waals surface area contributed by atoms with Crippen molar-refractivity contribution in [3.63, 3.8) is 0 Å². The summed E-state index contributed by atoms with van der Waals surface area (Å²) in [7, 11) is 8.09. The predicted molar refractivity (Wildman–Crippen MR) is 105 cm³/mol. The highest BCUT2D eigenvalue weighted by Crippen LogP contribution is 2.33. The summed E-state index contributed by atoms with van der Waals surface area (Å²) in [5.41, 5.74) is 1.11. The summed E-state index contributed by atoms with van der Waals surface area (Å²) < 4.78 is 0. The van der Waals surface area contributed by atoms with Crippen molar-refractivity contribution in [1.82, 2.24) is 19.8 Å². The van der Waals surface area contributed by atoms with Crippen LogP contribution in [0.5, 0.6) is 0 Å². The summed E-state index contributed by atoms with van der Waals surface area (Å²) in [6, 6.07) is 2.12. The highest BCUT2D eigenvalue weighted by Gasteiger charge is 2.42. The summed E-state index contributed by atoms with van der Waals surface area (Å²) in [5.74, 6) is 2.04. The number of hydrogen-bond acceptors (Lipinski definition) is 6. The molecule has 0 saturated carbocycles. The standard InChI is InChI=1S/C19H32N6O/c1-6-15-13-16(21-18(20-15)22(2)3)25-12-11-24(5)19(14-25)8-7-17(26)23(4)10-9-19/h13H,6-12,14H2,1-5H3/t19-/m1/s1. The molecule has 1 atom stereocenters. The minimum absolute atomic E-state index is 0.0360. The number of carbonyl (C=O) groups excluding carboxylic acids is 1. The number of hydrogen-bond donors (Lipinski definition) is 0. The van der Waals surface area contributed by atoms with E-state index in [1.54, 1.807) is 0 Å². The van der Waals surface area contributed by atoms with Gasteiger partial charge in [0.25, 0.3) is 0 Å². The molecule has 1 amide bonds. The zero-order valence-corrected chi connectivity index (χ0v) is 16.8. The monoisotopic (exact) mass is 360 g/mol. The molecule has 0 N–H and O–H groups in total. The van der Waals surface area contributed by atoms with Crippen LogP contribution < -0.4 is 9.80 Å². The Balaban J connectivity index is 1.88. The minimum atomic E-state index is 0.0360. The quantitative estimate of drug-likeness (QED) is 0.808. The summed E-state index contributed by atoms with van der Waals surface area (Å²) in [6.45, 7) is 5.81. The van der Waals surface area contributed by atoms with E-state index in [2.05, 4.69) is 34.8 Å². The molecule has 1 aromatic rings. The van der Waals surface area contributed by atoms with Crippen LogP contribution in [0.1, 0.15) is 31.9 Å². The molecule has 2 fully saturated rings. The predicted octanol–water partition coefficient (Wildman–Crippen LogP) is 1.24. The van der Waals surface area contributed by atoms with Crippen LogP contribution in [0.2, 0.25) is 0 Å². The molecule has 0 bridgehead atoms. The van der Waals surface area contributed by atoms with Gasteiger partial charge in [-0.2, -0.15) is 4.98 Å². The molecule has 0 radical (unpaired) electrons. The van der Waals surface area contributed by atoms with E-state index in [1.807, 2.05) is 30.9 Å². The molecule has 7 nitrogen and oxygen atoms in total. The van der Waals surface area contributed by atoms with Crippen molar-refractivity contribution in [2.45, 2.75) is 38.1 Å². The van der Waals surface area contributed by atoms with Gasteiger partial charge in [0.05, 0.1) is 0 Å². The van der Waals surface area contributed by atoms with Crippen molar-refractivity contribution < 1.29 is 4.79 Å². The number of rotatable bonds is 3. The largest absolute Gasteiger partial charge is 0.353 e. The number of piperazine rings is 1. The number of aryl methyl sites for hydroxylation is 1. The van der Waals surface area contributed by atoms with Crippen LogP contribution in [0, 0.1) is 0 Å². The second-order valence-electron chi connectivity index (χ2n) is 7.90. The second-order valence-corrected chi connectivity index (χ2v) is 7.90. The van der Waals surface area contributed by atoms with E-state index in [0.29, 0.717) is 6.42 Å². The SMILES string of the molecule is CCc1cc(N2CCN(C)[C@@]3(CCC(=O)N(C)CC3)C2)nc(N(C)C)n1. The van der Waals surface area contributed by atoms with Crippen LogP contribution >= 0.6 is 0 Å². The number of likely N-dealkylation sites (N-methyl/N-ethyl adjacent to an activating group) is 1. The van der Waals surface area contributed by atoms with E-state index in [0.717, 1.165) is 62.9 Å². The number of amides is 1. The summed E-state index contributed by atoms with van der Waals surface area (Å²) in [4.78, 5) is 30.3. The molecule has 1 aromatic heterocycles. The van der Waals surface area contributed by atoms with Gasteiger partial charge in [-0.1, -0.05) is 6.92 Å². The van der Waals surface area contributed by atoms with Gasteiger partial charge in [0.2, 0.25) is 11.9 Å². The van der Waals surface area contributed by atoms with E-state index in [-0.39, 0.29) is 11.4 Å². The lowest BCUT2D eigenvalue weighted by atomic mass is 9.86. The second kappa shape index (κ2) is 7.39. The average Bonchev–Trinajstić information content (AvgIpc) is 2.78. The van der Waals surface area contributed by atoms with Crippen LogP contribution in [0.3, 0.4) is 0 Å².